The molecule has 0 spiro atoms. The van der Waals surface area contributed by atoms with Crippen molar-refractivity contribution >= 4 is 11.0 Å². The Morgan fingerprint density at radius 1 is 1.29 bits per heavy atom. The van der Waals surface area contributed by atoms with Gasteiger partial charge in [0.1, 0.15) is 5.69 Å². The first-order valence-electron chi connectivity index (χ1n) is 4.00. The molecular formula is C9H7F3N2. The van der Waals surface area contributed by atoms with E-state index in [0.717, 1.165) is 6.07 Å². The maximum absolute atomic E-state index is 12.3. The molecule has 0 saturated heterocycles. The third-order valence-corrected chi connectivity index (χ3v) is 2.00. The lowest BCUT2D eigenvalue weighted by atomic mass is 10.2. The Morgan fingerprint density at radius 3 is 2.64 bits per heavy atom. The highest BCUT2D eigenvalue weighted by molar-refractivity contribution is 5.78. The third-order valence-electron chi connectivity index (χ3n) is 2.00. The number of nitrogens with zero attached hydrogens (tertiary/aromatic N) is 1. The van der Waals surface area contributed by atoms with Gasteiger partial charge >= 0.3 is 6.18 Å². The zero-order chi connectivity index (χ0) is 10.3. The zero-order valence-electron chi connectivity index (χ0n) is 7.31. The third kappa shape index (κ3) is 1.34. The predicted octanol–water partition coefficient (Wildman–Crippen LogP) is 2.89. The highest BCUT2D eigenvalue weighted by Crippen LogP contribution is 2.29. The van der Waals surface area contributed by atoms with Gasteiger partial charge in [-0.3, -0.25) is 0 Å². The first-order chi connectivity index (χ1) is 6.48. The number of halogens is 3. The van der Waals surface area contributed by atoms with Crippen LogP contribution in [-0.4, -0.2) is 9.97 Å². The molecule has 74 valence electrons. The molecule has 0 aliphatic heterocycles. The van der Waals surface area contributed by atoms with Crippen molar-refractivity contribution in [3.8, 4) is 0 Å². The summed E-state index contributed by atoms with van der Waals surface area (Å²) in [6.07, 6.45) is -2.74. The van der Waals surface area contributed by atoms with Gasteiger partial charge in [-0.05, 0) is 24.6 Å². The monoisotopic (exact) mass is 200 g/mol. The summed E-state index contributed by atoms with van der Waals surface area (Å²) in [6.45, 7) is 1.71. The van der Waals surface area contributed by atoms with E-state index in [1.165, 1.54) is 6.07 Å². The Bertz CT molecular complexity index is 470. The molecule has 2 rings (SSSR count). The van der Waals surface area contributed by atoms with Crippen LogP contribution >= 0.6 is 0 Å². The van der Waals surface area contributed by atoms with Crippen LogP contribution in [0.15, 0.2) is 18.3 Å². The van der Waals surface area contributed by atoms with Crippen molar-refractivity contribution in [2.24, 2.45) is 0 Å². The van der Waals surface area contributed by atoms with Crippen LogP contribution in [0.5, 0.6) is 0 Å². The van der Waals surface area contributed by atoms with Crippen molar-refractivity contribution < 1.29 is 13.2 Å². The molecule has 5 heteroatoms. The SMILES string of the molecule is Cc1c[nH]c2ccc(C(F)(F)F)nc12. The van der Waals surface area contributed by atoms with Gasteiger partial charge in [-0.25, -0.2) is 4.98 Å². The highest BCUT2D eigenvalue weighted by atomic mass is 19.4. The first-order valence-corrected chi connectivity index (χ1v) is 4.00. The summed E-state index contributed by atoms with van der Waals surface area (Å²) in [5, 5.41) is 0. The fourth-order valence-electron chi connectivity index (χ4n) is 1.29. The van der Waals surface area contributed by atoms with Gasteiger partial charge in [0.15, 0.2) is 0 Å². The fourth-order valence-corrected chi connectivity index (χ4v) is 1.29. The summed E-state index contributed by atoms with van der Waals surface area (Å²) in [7, 11) is 0. The van der Waals surface area contributed by atoms with E-state index in [1.807, 2.05) is 0 Å². The number of pyridine rings is 1. The molecule has 2 aromatic rings. The molecule has 0 aliphatic rings. The molecule has 1 N–H and O–H groups in total. The van der Waals surface area contributed by atoms with E-state index in [2.05, 4.69) is 9.97 Å². The van der Waals surface area contributed by atoms with Gasteiger partial charge in [-0.15, -0.1) is 0 Å². The van der Waals surface area contributed by atoms with Crippen molar-refractivity contribution in [2.75, 3.05) is 0 Å². The summed E-state index contributed by atoms with van der Waals surface area (Å²) in [5.41, 5.74) is 0.856. The van der Waals surface area contributed by atoms with E-state index < -0.39 is 11.9 Å². The Hall–Kier alpha value is -1.52. The number of nitrogens with one attached hydrogen (secondary N) is 1. The number of H-pyrrole nitrogens is 1. The molecule has 2 aromatic heterocycles. The molecule has 0 unspecified atom stereocenters. The summed E-state index contributed by atoms with van der Waals surface area (Å²) in [4.78, 5) is 6.39. The molecule has 2 heterocycles. The van der Waals surface area contributed by atoms with Crippen LogP contribution in [-0.2, 0) is 6.18 Å². The largest absolute Gasteiger partial charge is 0.433 e. The summed E-state index contributed by atoms with van der Waals surface area (Å²) < 4.78 is 36.8. The number of aromatic amines is 1. The molecule has 14 heavy (non-hydrogen) atoms. The van der Waals surface area contributed by atoms with Crippen LogP contribution in [0.2, 0.25) is 0 Å². The van der Waals surface area contributed by atoms with Crippen LogP contribution < -0.4 is 0 Å². The molecule has 0 bridgehead atoms. The van der Waals surface area contributed by atoms with Gasteiger partial charge in [-0.1, -0.05) is 0 Å². The van der Waals surface area contributed by atoms with E-state index in [1.54, 1.807) is 13.1 Å². The Morgan fingerprint density at radius 2 is 2.00 bits per heavy atom. The number of aromatic nitrogens is 2. The molecule has 0 amide bonds. The topological polar surface area (TPSA) is 28.7 Å². The minimum atomic E-state index is -4.38. The predicted molar refractivity (Wildman–Crippen MR) is 45.8 cm³/mol. The summed E-state index contributed by atoms with van der Waals surface area (Å²) >= 11 is 0. The Kier molecular flexibility index (Phi) is 1.77. The highest BCUT2D eigenvalue weighted by Gasteiger charge is 2.32. The van der Waals surface area contributed by atoms with Crippen molar-refractivity contribution in [1.29, 1.82) is 0 Å². The van der Waals surface area contributed by atoms with Crippen LogP contribution in [0.1, 0.15) is 11.3 Å². The number of rotatable bonds is 0. The van der Waals surface area contributed by atoms with E-state index >= 15 is 0 Å². The second-order valence-corrected chi connectivity index (χ2v) is 3.06. The molecule has 0 fully saturated rings. The number of alkyl halides is 3. The van der Waals surface area contributed by atoms with Crippen molar-refractivity contribution in [3.63, 3.8) is 0 Å². The second-order valence-electron chi connectivity index (χ2n) is 3.06. The molecule has 0 aromatic carbocycles. The summed E-state index contributed by atoms with van der Waals surface area (Å²) in [6, 6.07) is 2.36. The maximum Gasteiger partial charge on any atom is 0.433 e. The minimum absolute atomic E-state index is 0.375. The lowest BCUT2D eigenvalue weighted by Gasteiger charge is -2.04. The van der Waals surface area contributed by atoms with Crippen LogP contribution in [0, 0.1) is 6.92 Å². The van der Waals surface area contributed by atoms with Gasteiger partial charge in [0.2, 0.25) is 0 Å². The molecule has 2 nitrogen and oxygen atoms in total. The zero-order valence-corrected chi connectivity index (χ0v) is 7.31. The number of hydrogen-bond acceptors (Lipinski definition) is 1. The van der Waals surface area contributed by atoms with Crippen LogP contribution in [0.3, 0.4) is 0 Å². The van der Waals surface area contributed by atoms with E-state index in [0.29, 0.717) is 16.6 Å². The maximum atomic E-state index is 12.3. The van der Waals surface area contributed by atoms with Gasteiger partial charge in [-0.2, -0.15) is 13.2 Å². The Labute approximate surface area is 77.8 Å². The normalized spacial score (nSPS) is 12.3. The standard InChI is InChI=1S/C9H7F3N2/c1-5-4-13-6-2-3-7(9(10,11)12)14-8(5)6/h2-4,13H,1H3. The van der Waals surface area contributed by atoms with E-state index in [-0.39, 0.29) is 0 Å². The molecule has 0 radical (unpaired) electrons. The molecule has 0 saturated carbocycles. The number of aryl methyl sites for hydroxylation is 1. The number of hydrogen-bond donors (Lipinski definition) is 1. The first kappa shape index (κ1) is 9.05. The second kappa shape index (κ2) is 2.73. The Balaban J connectivity index is 2.66. The summed E-state index contributed by atoms with van der Waals surface area (Å²) in [5.74, 6) is 0. The molecular weight excluding hydrogens is 193 g/mol. The van der Waals surface area contributed by atoms with Crippen molar-refractivity contribution in [2.45, 2.75) is 13.1 Å². The lowest BCUT2D eigenvalue weighted by Crippen LogP contribution is -2.07. The average molecular weight is 200 g/mol. The number of fused-ring (bicyclic) bond motifs is 1. The van der Waals surface area contributed by atoms with Gasteiger partial charge in [0.05, 0.1) is 11.0 Å². The van der Waals surface area contributed by atoms with Crippen molar-refractivity contribution in [3.05, 3.63) is 29.6 Å². The quantitative estimate of drug-likeness (QED) is 0.695. The van der Waals surface area contributed by atoms with Crippen molar-refractivity contribution in [1.82, 2.24) is 9.97 Å². The van der Waals surface area contributed by atoms with Gasteiger partial charge < -0.3 is 4.98 Å². The smallest absolute Gasteiger partial charge is 0.360 e. The van der Waals surface area contributed by atoms with Gasteiger partial charge in [0.25, 0.3) is 0 Å². The average Bonchev–Trinajstić information content (AvgIpc) is 2.46. The minimum Gasteiger partial charge on any atom is -0.360 e. The van der Waals surface area contributed by atoms with E-state index in [9.17, 15) is 13.2 Å². The lowest BCUT2D eigenvalue weighted by molar-refractivity contribution is -0.140. The molecule has 0 aliphatic carbocycles. The van der Waals surface area contributed by atoms with E-state index in [4.69, 9.17) is 0 Å². The molecule has 0 atom stereocenters. The van der Waals surface area contributed by atoms with Crippen LogP contribution in [0.25, 0.3) is 11.0 Å². The van der Waals surface area contributed by atoms with Crippen LogP contribution in [0.4, 0.5) is 13.2 Å². The van der Waals surface area contributed by atoms with Gasteiger partial charge in [0, 0.05) is 6.20 Å². The fraction of sp³-hybridized carbons (Fsp3) is 0.222.